The largest absolute Gasteiger partial charge is 0.461 e. The lowest BCUT2D eigenvalue weighted by Gasteiger charge is -2.35. The summed E-state index contributed by atoms with van der Waals surface area (Å²) in [4.78, 5) is 26.1. The quantitative estimate of drug-likeness (QED) is 0.747. The molecule has 5 heteroatoms. The molecule has 0 aromatic rings. The summed E-state index contributed by atoms with van der Waals surface area (Å²) in [7, 11) is 0. The smallest absolute Gasteiger partial charge is 0.308 e. The Bertz CT molecular complexity index is 464. The molecule has 0 bridgehead atoms. The van der Waals surface area contributed by atoms with Crippen molar-refractivity contribution in [3.63, 3.8) is 0 Å². The Morgan fingerprint density at radius 2 is 1.96 bits per heavy atom. The number of cyclic esters (lactones) is 1. The molecule has 23 heavy (non-hydrogen) atoms. The fourth-order valence-corrected chi connectivity index (χ4v) is 4.43. The molecule has 130 valence electrons. The number of nitrogens with zero attached hydrogens (tertiary/aromatic N) is 1. The third kappa shape index (κ3) is 3.39. The summed E-state index contributed by atoms with van der Waals surface area (Å²) in [5.41, 5.74) is 0. The maximum atomic E-state index is 12.1. The fraction of sp³-hybridized carbons (Fsp3) is 0.889. The number of rotatable bonds is 3. The van der Waals surface area contributed by atoms with Crippen LogP contribution in [0.1, 0.15) is 59.3 Å². The Labute approximate surface area is 138 Å². The standard InChI is InChI=1S/C18H29NO4/c1-11(2)18(21)23-17-12(3)5-4-10-19-13(6-7-14(17)19)15-8-9-16(20)22-15/h11-15,17H,4-10H2,1-3H3/t12-,13?,14+,15+,17-/m1/s1. The number of carbonyl (C=O) groups is 2. The Kier molecular flexibility index (Phi) is 4.95. The van der Waals surface area contributed by atoms with Crippen LogP contribution in [-0.4, -0.2) is 47.7 Å². The normalized spacial score (nSPS) is 38.3. The molecule has 3 aliphatic heterocycles. The second kappa shape index (κ2) is 6.80. The van der Waals surface area contributed by atoms with Gasteiger partial charge >= 0.3 is 11.9 Å². The van der Waals surface area contributed by atoms with E-state index in [9.17, 15) is 9.59 Å². The van der Waals surface area contributed by atoms with Gasteiger partial charge in [-0.2, -0.15) is 0 Å². The number of esters is 2. The molecule has 0 radical (unpaired) electrons. The minimum Gasteiger partial charge on any atom is -0.461 e. The third-order valence-electron chi connectivity index (χ3n) is 5.69. The molecular formula is C18H29NO4. The first-order valence-corrected chi connectivity index (χ1v) is 9.13. The average molecular weight is 323 g/mol. The van der Waals surface area contributed by atoms with Crippen LogP contribution in [0.25, 0.3) is 0 Å². The van der Waals surface area contributed by atoms with Gasteiger partial charge in [0.05, 0.1) is 5.92 Å². The van der Waals surface area contributed by atoms with Gasteiger partial charge in [-0.15, -0.1) is 0 Å². The molecule has 3 fully saturated rings. The van der Waals surface area contributed by atoms with Gasteiger partial charge in [0.25, 0.3) is 0 Å². The van der Waals surface area contributed by atoms with E-state index < -0.39 is 0 Å². The van der Waals surface area contributed by atoms with Crippen LogP contribution < -0.4 is 0 Å². The molecule has 3 heterocycles. The van der Waals surface area contributed by atoms with Crippen molar-refractivity contribution in [2.45, 2.75) is 83.6 Å². The fourth-order valence-electron chi connectivity index (χ4n) is 4.43. The summed E-state index contributed by atoms with van der Waals surface area (Å²) < 4.78 is 11.4. The van der Waals surface area contributed by atoms with Crippen molar-refractivity contribution >= 4 is 11.9 Å². The molecule has 3 aliphatic rings. The second-order valence-corrected chi connectivity index (χ2v) is 7.69. The maximum absolute atomic E-state index is 12.1. The van der Waals surface area contributed by atoms with E-state index in [1.165, 1.54) is 0 Å². The van der Waals surface area contributed by atoms with E-state index in [4.69, 9.17) is 9.47 Å². The number of hydrogen-bond donors (Lipinski definition) is 0. The van der Waals surface area contributed by atoms with E-state index in [1.807, 2.05) is 13.8 Å². The van der Waals surface area contributed by atoms with E-state index >= 15 is 0 Å². The van der Waals surface area contributed by atoms with Crippen molar-refractivity contribution in [3.05, 3.63) is 0 Å². The highest BCUT2D eigenvalue weighted by Gasteiger charge is 2.47. The van der Waals surface area contributed by atoms with Crippen molar-refractivity contribution in [1.82, 2.24) is 4.90 Å². The van der Waals surface area contributed by atoms with Gasteiger partial charge in [-0.1, -0.05) is 20.8 Å². The summed E-state index contributed by atoms with van der Waals surface area (Å²) in [5.74, 6) is 0.133. The zero-order chi connectivity index (χ0) is 16.6. The Morgan fingerprint density at radius 3 is 2.61 bits per heavy atom. The molecule has 3 rings (SSSR count). The third-order valence-corrected chi connectivity index (χ3v) is 5.69. The molecule has 5 atom stereocenters. The monoisotopic (exact) mass is 323 g/mol. The van der Waals surface area contributed by atoms with Gasteiger partial charge in [-0.25, -0.2) is 0 Å². The highest BCUT2D eigenvalue weighted by atomic mass is 16.6. The number of ether oxygens (including phenoxy) is 2. The topological polar surface area (TPSA) is 55.8 Å². The van der Waals surface area contributed by atoms with Crippen molar-refractivity contribution in [2.75, 3.05) is 6.54 Å². The molecule has 0 amide bonds. The number of fused-ring (bicyclic) bond motifs is 1. The van der Waals surface area contributed by atoms with Crippen LogP contribution in [0.4, 0.5) is 0 Å². The van der Waals surface area contributed by atoms with Crippen molar-refractivity contribution < 1.29 is 19.1 Å². The first-order valence-electron chi connectivity index (χ1n) is 9.13. The lowest BCUT2D eigenvalue weighted by atomic mass is 9.93. The predicted molar refractivity (Wildman–Crippen MR) is 85.7 cm³/mol. The summed E-state index contributed by atoms with van der Waals surface area (Å²) in [6.07, 6.45) is 5.63. The highest BCUT2D eigenvalue weighted by molar-refractivity contribution is 5.72. The molecule has 0 aliphatic carbocycles. The average Bonchev–Trinajstić information content (AvgIpc) is 3.07. The van der Waals surface area contributed by atoms with Gasteiger partial charge in [0, 0.05) is 18.5 Å². The van der Waals surface area contributed by atoms with Gasteiger partial charge in [-0.3, -0.25) is 14.5 Å². The molecular weight excluding hydrogens is 294 g/mol. The molecule has 5 nitrogen and oxygen atoms in total. The lowest BCUT2D eigenvalue weighted by molar-refractivity contribution is -0.159. The molecule has 0 aromatic heterocycles. The summed E-state index contributed by atoms with van der Waals surface area (Å²) in [6, 6.07) is 0.580. The van der Waals surface area contributed by atoms with Gasteiger partial charge in [0.15, 0.2) is 0 Å². The van der Waals surface area contributed by atoms with Crippen molar-refractivity contribution in [3.8, 4) is 0 Å². The van der Waals surface area contributed by atoms with Gasteiger partial charge in [-0.05, 0) is 44.6 Å². The van der Waals surface area contributed by atoms with E-state index in [2.05, 4.69) is 11.8 Å². The molecule has 0 aromatic carbocycles. The molecule has 0 spiro atoms. The lowest BCUT2D eigenvalue weighted by Crippen LogP contribution is -2.48. The van der Waals surface area contributed by atoms with E-state index in [1.54, 1.807) is 0 Å². The zero-order valence-corrected chi connectivity index (χ0v) is 14.5. The van der Waals surface area contributed by atoms with E-state index in [-0.39, 0.29) is 36.1 Å². The summed E-state index contributed by atoms with van der Waals surface area (Å²) in [6.45, 7) is 6.99. The molecule has 0 N–H and O–H groups in total. The van der Waals surface area contributed by atoms with Gasteiger partial charge < -0.3 is 9.47 Å². The summed E-state index contributed by atoms with van der Waals surface area (Å²) in [5, 5.41) is 0. The summed E-state index contributed by atoms with van der Waals surface area (Å²) >= 11 is 0. The molecule has 3 saturated heterocycles. The number of hydrogen-bond acceptors (Lipinski definition) is 5. The Balaban J connectivity index is 1.74. The zero-order valence-electron chi connectivity index (χ0n) is 14.5. The second-order valence-electron chi connectivity index (χ2n) is 7.69. The first-order chi connectivity index (χ1) is 11.0. The Hall–Kier alpha value is -1.10. The molecule has 0 saturated carbocycles. The van der Waals surface area contributed by atoms with Gasteiger partial charge in [0.2, 0.25) is 0 Å². The number of carbonyl (C=O) groups excluding carboxylic acids is 2. The van der Waals surface area contributed by atoms with Crippen LogP contribution in [0.3, 0.4) is 0 Å². The van der Waals surface area contributed by atoms with Gasteiger partial charge in [0.1, 0.15) is 12.2 Å². The van der Waals surface area contributed by atoms with E-state index in [0.29, 0.717) is 18.4 Å². The van der Waals surface area contributed by atoms with Crippen LogP contribution in [0.5, 0.6) is 0 Å². The van der Waals surface area contributed by atoms with Crippen molar-refractivity contribution in [1.29, 1.82) is 0 Å². The minimum atomic E-state index is -0.0977. The minimum absolute atomic E-state index is 0.0300. The van der Waals surface area contributed by atoms with Crippen LogP contribution in [-0.2, 0) is 19.1 Å². The van der Waals surface area contributed by atoms with Crippen LogP contribution in [0.2, 0.25) is 0 Å². The van der Waals surface area contributed by atoms with Crippen LogP contribution >= 0.6 is 0 Å². The van der Waals surface area contributed by atoms with Crippen LogP contribution in [0.15, 0.2) is 0 Å². The highest BCUT2D eigenvalue weighted by Crippen LogP contribution is 2.38. The van der Waals surface area contributed by atoms with Crippen molar-refractivity contribution in [2.24, 2.45) is 11.8 Å². The Morgan fingerprint density at radius 1 is 1.22 bits per heavy atom. The van der Waals surface area contributed by atoms with E-state index in [0.717, 1.165) is 38.6 Å². The SMILES string of the molecule is CC(C)C(=O)O[C@@H]1[C@H](C)CCCN2C([C@@H]3CCC(=O)O3)CC[C@@H]12. The first kappa shape index (κ1) is 16.7. The predicted octanol–water partition coefficient (Wildman–Crippen LogP) is 2.52. The maximum Gasteiger partial charge on any atom is 0.308 e. The van der Waals surface area contributed by atoms with Crippen LogP contribution in [0, 0.1) is 11.8 Å². The molecule has 1 unspecified atom stereocenters.